The topological polar surface area (TPSA) is 55.9 Å². The number of ether oxygens (including phenoxy) is 1. The zero-order valence-electron chi connectivity index (χ0n) is 8.73. The van der Waals surface area contributed by atoms with Crippen molar-refractivity contribution >= 4 is 10.1 Å². The molecule has 0 bridgehead atoms. The molecule has 1 fully saturated rings. The van der Waals surface area contributed by atoms with Crippen molar-refractivity contribution in [2.75, 3.05) is 12.4 Å². The van der Waals surface area contributed by atoms with Gasteiger partial charge in [0.05, 0.1) is 12.7 Å². The van der Waals surface area contributed by atoms with Crippen LogP contribution in [0, 0.1) is 0 Å². The molecule has 1 heterocycles. The van der Waals surface area contributed by atoms with E-state index in [4.69, 9.17) is 8.92 Å². The summed E-state index contributed by atoms with van der Waals surface area (Å²) in [5.41, 5.74) is 0. The minimum Gasteiger partial charge on any atom is -0.368 e. The molecule has 14 heavy (non-hydrogen) atoms. The molecule has 1 rings (SSSR count). The first-order chi connectivity index (χ1) is 6.59. The van der Waals surface area contributed by atoms with E-state index in [1.807, 2.05) is 6.92 Å². The first-order valence-electron chi connectivity index (χ1n) is 5.11. The Morgan fingerprint density at radius 2 is 1.93 bits per heavy atom. The number of epoxide rings is 1. The Bertz CT molecular complexity index is 260. The van der Waals surface area contributed by atoms with E-state index in [9.17, 15) is 8.42 Å². The zero-order chi connectivity index (χ0) is 10.6. The lowest BCUT2D eigenvalue weighted by Gasteiger charge is -2.01. The molecule has 1 saturated heterocycles. The van der Waals surface area contributed by atoms with Crippen molar-refractivity contribution in [3.05, 3.63) is 0 Å². The Kier molecular flexibility index (Phi) is 4.34. The Morgan fingerprint density at radius 3 is 2.50 bits per heavy atom. The van der Waals surface area contributed by atoms with Crippen LogP contribution in [-0.4, -0.2) is 33.0 Å². The molecule has 0 radical (unpaired) electrons. The maximum Gasteiger partial charge on any atom is 0.269 e. The van der Waals surface area contributed by atoms with Crippen LogP contribution in [0.1, 0.15) is 33.1 Å². The van der Waals surface area contributed by atoms with Gasteiger partial charge in [0.25, 0.3) is 10.1 Å². The molecule has 1 aliphatic heterocycles. The molecule has 0 aliphatic carbocycles. The third-order valence-corrected chi connectivity index (χ3v) is 3.36. The lowest BCUT2D eigenvalue weighted by atomic mass is 10.2. The van der Waals surface area contributed by atoms with E-state index >= 15 is 0 Å². The lowest BCUT2D eigenvalue weighted by Crippen LogP contribution is -2.16. The van der Waals surface area contributed by atoms with Gasteiger partial charge in [-0.1, -0.05) is 20.3 Å². The van der Waals surface area contributed by atoms with Crippen LogP contribution in [0.5, 0.6) is 0 Å². The fourth-order valence-corrected chi connectivity index (χ4v) is 2.54. The van der Waals surface area contributed by atoms with Gasteiger partial charge in [-0.3, -0.25) is 4.18 Å². The van der Waals surface area contributed by atoms with Gasteiger partial charge in [0.2, 0.25) is 0 Å². The van der Waals surface area contributed by atoms with Crippen molar-refractivity contribution in [2.24, 2.45) is 0 Å². The Hall–Kier alpha value is -0.130. The molecule has 4 nitrogen and oxygen atoms in total. The summed E-state index contributed by atoms with van der Waals surface area (Å²) in [6, 6.07) is 0. The van der Waals surface area contributed by atoms with Gasteiger partial charge in [0.15, 0.2) is 0 Å². The van der Waals surface area contributed by atoms with Crippen LogP contribution in [0.15, 0.2) is 0 Å². The maximum atomic E-state index is 11.3. The first kappa shape index (κ1) is 11.9. The summed E-state index contributed by atoms with van der Waals surface area (Å²) in [7, 11) is -3.36. The molecule has 0 aromatic carbocycles. The van der Waals surface area contributed by atoms with Gasteiger partial charge in [-0.05, 0) is 12.8 Å². The minimum atomic E-state index is -3.36. The van der Waals surface area contributed by atoms with E-state index in [2.05, 4.69) is 6.92 Å². The predicted octanol–water partition coefficient (Wildman–Crippen LogP) is 1.31. The first-order valence-corrected chi connectivity index (χ1v) is 6.69. The van der Waals surface area contributed by atoms with E-state index in [-0.39, 0.29) is 24.6 Å². The molecule has 1 aliphatic rings. The number of hydrogen-bond acceptors (Lipinski definition) is 4. The second-order valence-electron chi connectivity index (χ2n) is 3.55. The average molecular weight is 222 g/mol. The molecule has 0 aromatic heterocycles. The molecule has 2 atom stereocenters. The predicted molar refractivity (Wildman–Crippen MR) is 53.6 cm³/mol. The summed E-state index contributed by atoms with van der Waals surface area (Å²) in [6.45, 7) is 4.21. The molecule has 0 N–H and O–H groups in total. The molecule has 0 amide bonds. The molecule has 0 saturated carbocycles. The highest BCUT2D eigenvalue weighted by atomic mass is 32.2. The highest BCUT2D eigenvalue weighted by molar-refractivity contribution is 7.86. The number of rotatable bonds is 7. The summed E-state index contributed by atoms with van der Waals surface area (Å²) in [6.07, 6.45) is 2.69. The fraction of sp³-hybridized carbons (Fsp3) is 1.00. The largest absolute Gasteiger partial charge is 0.368 e. The SMILES string of the molecule is CCCOS(=O)(=O)CC1OC1CCC. The van der Waals surface area contributed by atoms with Crippen molar-refractivity contribution < 1.29 is 17.3 Å². The van der Waals surface area contributed by atoms with Gasteiger partial charge in [-0.2, -0.15) is 8.42 Å². The van der Waals surface area contributed by atoms with Crippen molar-refractivity contribution in [1.29, 1.82) is 0 Å². The van der Waals surface area contributed by atoms with E-state index in [1.165, 1.54) is 0 Å². The van der Waals surface area contributed by atoms with E-state index in [0.717, 1.165) is 12.8 Å². The van der Waals surface area contributed by atoms with Crippen molar-refractivity contribution in [3.8, 4) is 0 Å². The normalized spacial score (nSPS) is 26.4. The summed E-state index contributed by atoms with van der Waals surface area (Å²) < 4.78 is 32.5. The van der Waals surface area contributed by atoms with Crippen LogP contribution in [0.2, 0.25) is 0 Å². The molecule has 84 valence electrons. The monoisotopic (exact) mass is 222 g/mol. The van der Waals surface area contributed by atoms with Gasteiger partial charge in [0, 0.05) is 0 Å². The summed E-state index contributed by atoms with van der Waals surface area (Å²) in [4.78, 5) is 0. The Balaban J connectivity index is 2.24. The highest BCUT2D eigenvalue weighted by Gasteiger charge is 2.41. The van der Waals surface area contributed by atoms with E-state index < -0.39 is 10.1 Å². The molecule has 0 aromatic rings. The summed E-state index contributed by atoms with van der Waals surface area (Å²) in [5, 5.41) is 0. The smallest absolute Gasteiger partial charge is 0.269 e. The summed E-state index contributed by atoms with van der Waals surface area (Å²) >= 11 is 0. The zero-order valence-corrected chi connectivity index (χ0v) is 9.55. The van der Waals surface area contributed by atoms with Crippen LogP contribution in [-0.2, 0) is 19.0 Å². The van der Waals surface area contributed by atoms with Crippen molar-refractivity contribution in [1.82, 2.24) is 0 Å². The Labute approximate surface area is 85.7 Å². The van der Waals surface area contributed by atoms with Gasteiger partial charge < -0.3 is 4.74 Å². The molecular weight excluding hydrogens is 204 g/mol. The third kappa shape index (κ3) is 3.94. The van der Waals surface area contributed by atoms with Crippen LogP contribution in [0.25, 0.3) is 0 Å². The van der Waals surface area contributed by atoms with Crippen LogP contribution < -0.4 is 0 Å². The van der Waals surface area contributed by atoms with Crippen LogP contribution in [0.3, 0.4) is 0 Å². The van der Waals surface area contributed by atoms with Crippen molar-refractivity contribution in [3.63, 3.8) is 0 Å². The van der Waals surface area contributed by atoms with Gasteiger partial charge in [-0.25, -0.2) is 0 Å². The van der Waals surface area contributed by atoms with Gasteiger partial charge in [-0.15, -0.1) is 0 Å². The van der Waals surface area contributed by atoms with E-state index in [1.54, 1.807) is 0 Å². The molecule has 0 spiro atoms. The minimum absolute atomic E-state index is 0.0116. The lowest BCUT2D eigenvalue weighted by molar-refractivity contribution is 0.312. The van der Waals surface area contributed by atoms with Crippen LogP contribution >= 0.6 is 0 Å². The Morgan fingerprint density at radius 1 is 1.21 bits per heavy atom. The van der Waals surface area contributed by atoms with Crippen LogP contribution in [0.4, 0.5) is 0 Å². The molecule has 5 heteroatoms. The van der Waals surface area contributed by atoms with Crippen molar-refractivity contribution in [2.45, 2.75) is 45.3 Å². The fourth-order valence-electron chi connectivity index (χ4n) is 1.32. The number of hydrogen-bond donors (Lipinski definition) is 0. The van der Waals surface area contributed by atoms with E-state index in [0.29, 0.717) is 6.42 Å². The standard InChI is InChI=1S/C9H18O4S/c1-3-5-8-9(13-8)7-14(10,11)12-6-4-2/h8-9H,3-7H2,1-2H3. The molecular formula is C9H18O4S. The highest BCUT2D eigenvalue weighted by Crippen LogP contribution is 2.27. The maximum absolute atomic E-state index is 11.3. The second-order valence-corrected chi connectivity index (χ2v) is 5.23. The second kappa shape index (κ2) is 5.09. The quantitative estimate of drug-likeness (QED) is 0.481. The van der Waals surface area contributed by atoms with Gasteiger partial charge >= 0.3 is 0 Å². The molecule has 2 unspecified atom stereocenters. The summed E-state index contributed by atoms with van der Waals surface area (Å²) in [5.74, 6) is 0.0116. The average Bonchev–Trinajstić information content (AvgIpc) is 2.80. The van der Waals surface area contributed by atoms with Gasteiger partial charge in [0.1, 0.15) is 11.9 Å². The third-order valence-electron chi connectivity index (χ3n) is 2.10.